The van der Waals surface area contributed by atoms with Gasteiger partial charge in [-0.1, -0.05) is 24.3 Å². The molecular formula is C17H19N3. The van der Waals surface area contributed by atoms with Crippen molar-refractivity contribution in [1.29, 1.82) is 0 Å². The van der Waals surface area contributed by atoms with Crippen LogP contribution in [0.15, 0.2) is 42.5 Å². The van der Waals surface area contributed by atoms with E-state index in [0.29, 0.717) is 0 Å². The highest BCUT2D eigenvalue weighted by Crippen LogP contribution is 2.29. The molecule has 0 bridgehead atoms. The van der Waals surface area contributed by atoms with E-state index < -0.39 is 0 Å². The Morgan fingerprint density at radius 3 is 2.55 bits per heavy atom. The monoisotopic (exact) mass is 265 g/mol. The van der Waals surface area contributed by atoms with Crippen LogP contribution in [0.5, 0.6) is 0 Å². The van der Waals surface area contributed by atoms with Crippen LogP contribution in [0.25, 0.3) is 11.0 Å². The van der Waals surface area contributed by atoms with Crippen molar-refractivity contribution < 1.29 is 0 Å². The van der Waals surface area contributed by atoms with Gasteiger partial charge >= 0.3 is 0 Å². The van der Waals surface area contributed by atoms with Crippen molar-refractivity contribution in [3.05, 3.63) is 53.6 Å². The summed E-state index contributed by atoms with van der Waals surface area (Å²) in [6.07, 6.45) is 0. The molecule has 0 atom stereocenters. The average molecular weight is 265 g/mol. The molecule has 3 rings (SSSR count). The fourth-order valence-corrected chi connectivity index (χ4v) is 2.62. The lowest BCUT2D eigenvalue weighted by molar-refractivity contribution is 0.908. The predicted molar refractivity (Wildman–Crippen MR) is 84.7 cm³/mol. The Hall–Kier alpha value is -2.29. The largest absolute Gasteiger partial charge is 0.315 e. The lowest BCUT2D eigenvalue weighted by Gasteiger charge is -2.21. The van der Waals surface area contributed by atoms with E-state index in [9.17, 15) is 0 Å². The number of hydrogen-bond donors (Lipinski definition) is 0. The van der Waals surface area contributed by atoms with Crippen molar-refractivity contribution >= 4 is 22.7 Å². The minimum Gasteiger partial charge on any atom is -0.315 e. The maximum atomic E-state index is 4.75. The Kier molecular flexibility index (Phi) is 2.97. The van der Waals surface area contributed by atoms with Gasteiger partial charge < -0.3 is 9.47 Å². The van der Waals surface area contributed by atoms with Crippen LogP contribution < -0.4 is 4.90 Å². The van der Waals surface area contributed by atoms with Crippen LogP contribution in [0.1, 0.15) is 11.1 Å². The molecule has 1 heterocycles. The van der Waals surface area contributed by atoms with Crippen LogP contribution in [-0.2, 0) is 7.05 Å². The van der Waals surface area contributed by atoms with Gasteiger partial charge in [-0.05, 0) is 43.2 Å². The van der Waals surface area contributed by atoms with Crippen LogP contribution >= 0.6 is 0 Å². The molecule has 102 valence electrons. The zero-order chi connectivity index (χ0) is 14.3. The fraction of sp³-hybridized carbons (Fsp3) is 0.235. The van der Waals surface area contributed by atoms with E-state index in [1.165, 1.54) is 16.8 Å². The van der Waals surface area contributed by atoms with Gasteiger partial charge in [0.05, 0.1) is 11.0 Å². The van der Waals surface area contributed by atoms with E-state index in [1.54, 1.807) is 0 Å². The number of imidazole rings is 1. The van der Waals surface area contributed by atoms with E-state index in [0.717, 1.165) is 17.0 Å². The van der Waals surface area contributed by atoms with Crippen molar-refractivity contribution in [3.63, 3.8) is 0 Å². The molecule has 0 aliphatic carbocycles. The Morgan fingerprint density at radius 2 is 1.80 bits per heavy atom. The van der Waals surface area contributed by atoms with Crippen molar-refractivity contribution in [2.24, 2.45) is 7.05 Å². The van der Waals surface area contributed by atoms with Gasteiger partial charge in [0.25, 0.3) is 0 Å². The first-order valence-corrected chi connectivity index (χ1v) is 6.80. The first kappa shape index (κ1) is 12.7. The number of hydrogen-bond acceptors (Lipinski definition) is 2. The second kappa shape index (κ2) is 4.67. The summed E-state index contributed by atoms with van der Waals surface area (Å²) in [5.41, 5.74) is 5.89. The van der Waals surface area contributed by atoms with Crippen LogP contribution in [0, 0.1) is 13.8 Å². The van der Waals surface area contributed by atoms with Gasteiger partial charge in [0, 0.05) is 19.8 Å². The molecule has 1 aromatic heterocycles. The van der Waals surface area contributed by atoms with Crippen molar-refractivity contribution in [1.82, 2.24) is 9.55 Å². The molecular weight excluding hydrogens is 246 g/mol. The van der Waals surface area contributed by atoms with E-state index in [2.05, 4.69) is 67.7 Å². The van der Waals surface area contributed by atoms with Gasteiger partial charge in [-0.25, -0.2) is 4.98 Å². The van der Waals surface area contributed by atoms with E-state index >= 15 is 0 Å². The Balaban J connectivity index is 2.15. The van der Waals surface area contributed by atoms with Crippen LogP contribution in [0.2, 0.25) is 0 Å². The summed E-state index contributed by atoms with van der Waals surface area (Å²) in [5.74, 6) is 0.958. The number of aryl methyl sites for hydroxylation is 3. The number of para-hydroxylation sites is 2. The highest BCUT2D eigenvalue weighted by Gasteiger charge is 2.14. The third-order valence-corrected chi connectivity index (χ3v) is 3.79. The summed E-state index contributed by atoms with van der Waals surface area (Å²) in [7, 11) is 4.13. The molecule has 0 radical (unpaired) electrons. The second-order valence-corrected chi connectivity index (χ2v) is 5.31. The topological polar surface area (TPSA) is 21.1 Å². The third-order valence-electron chi connectivity index (χ3n) is 3.79. The van der Waals surface area contributed by atoms with Crippen molar-refractivity contribution in [2.45, 2.75) is 13.8 Å². The molecule has 0 N–H and O–H groups in total. The predicted octanol–water partition coefficient (Wildman–Crippen LogP) is 3.96. The zero-order valence-corrected chi connectivity index (χ0v) is 12.4. The number of benzene rings is 2. The van der Waals surface area contributed by atoms with Gasteiger partial charge in [-0.15, -0.1) is 0 Å². The Morgan fingerprint density at radius 1 is 1.05 bits per heavy atom. The molecule has 0 amide bonds. The highest BCUT2D eigenvalue weighted by molar-refractivity contribution is 5.80. The minimum absolute atomic E-state index is 0.958. The smallest absolute Gasteiger partial charge is 0.210 e. The minimum atomic E-state index is 0.958. The molecule has 2 aromatic carbocycles. The van der Waals surface area contributed by atoms with Gasteiger partial charge in [0.15, 0.2) is 0 Å². The molecule has 3 heteroatoms. The number of aromatic nitrogens is 2. The molecule has 20 heavy (non-hydrogen) atoms. The summed E-state index contributed by atoms with van der Waals surface area (Å²) in [5, 5.41) is 0. The number of rotatable bonds is 2. The van der Waals surface area contributed by atoms with Gasteiger partial charge in [-0.3, -0.25) is 0 Å². The third kappa shape index (κ3) is 1.95. The lowest BCUT2D eigenvalue weighted by atomic mass is 10.1. The van der Waals surface area contributed by atoms with E-state index in [1.807, 2.05) is 12.1 Å². The summed E-state index contributed by atoms with van der Waals surface area (Å²) in [6.45, 7) is 4.25. The van der Waals surface area contributed by atoms with Crippen LogP contribution in [0.4, 0.5) is 11.6 Å². The molecule has 0 aliphatic heterocycles. The Bertz CT molecular complexity index is 771. The molecule has 0 spiro atoms. The van der Waals surface area contributed by atoms with Crippen molar-refractivity contribution in [3.8, 4) is 0 Å². The molecule has 3 aromatic rings. The molecule has 0 aliphatic rings. The first-order chi connectivity index (χ1) is 9.58. The molecule has 3 nitrogen and oxygen atoms in total. The quantitative estimate of drug-likeness (QED) is 0.699. The summed E-state index contributed by atoms with van der Waals surface area (Å²) >= 11 is 0. The normalized spacial score (nSPS) is 11.0. The van der Waals surface area contributed by atoms with E-state index in [4.69, 9.17) is 4.98 Å². The molecule has 0 saturated heterocycles. The van der Waals surface area contributed by atoms with Gasteiger partial charge in [0.1, 0.15) is 0 Å². The van der Waals surface area contributed by atoms with Crippen LogP contribution in [-0.4, -0.2) is 16.6 Å². The molecule has 0 saturated carbocycles. The maximum absolute atomic E-state index is 4.75. The van der Waals surface area contributed by atoms with E-state index in [-0.39, 0.29) is 0 Å². The summed E-state index contributed by atoms with van der Waals surface area (Å²) < 4.78 is 2.14. The van der Waals surface area contributed by atoms with Crippen molar-refractivity contribution in [2.75, 3.05) is 11.9 Å². The molecule has 0 unspecified atom stereocenters. The summed E-state index contributed by atoms with van der Waals surface area (Å²) in [6, 6.07) is 14.7. The average Bonchev–Trinajstić information content (AvgIpc) is 2.79. The number of nitrogens with zero attached hydrogens (tertiary/aromatic N) is 3. The van der Waals surface area contributed by atoms with Gasteiger partial charge in [-0.2, -0.15) is 0 Å². The standard InChI is InChI=1S/C17H19N3/c1-12-9-10-13(2)16(11-12)20(4)17-18-14-7-5-6-8-15(14)19(17)3/h5-11H,1-4H3. The summed E-state index contributed by atoms with van der Waals surface area (Å²) in [4.78, 5) is 6.90. The maximum Gasteiger partial charge on any atom is 0.210 e. The first-order valence-electron chi connectivity index (χ1n) is 6.80. The Labute approximate surface area is 119 Å². The lowest BCUT2D eigenvalue weighted by Crippen LogP contribution is -2.15. The van der Waals surface area contributed by atoms with Gasteiger partial charge in [0.2, 0.25) is 5.95 Å². The fourth-order valence-electron chi connectivity index (χ4n) is 2.62. The SMILES string of the molecule is Cc1ccc(C)c(N(C)c2nc3ccccc3n2C)c1. The number of anilines is 2. The highest BCUT2D eigenvalue weighted by atomic mass is 15.3. The molecule has 0 fully saturated rings. The zero-order valence-electron chi connectivity index (χ0n) is 12.4. The van der Waals surface area contributed by atoms with Crippen LogP contribution in [0.3, 0.4) is 0 Å². The number of fused-ring (bicyclic) bond motifs is 1. The second-order valence-electron chi connectivity index (χ2n) is 5.31.